The van der Waals surface area contributed by atoms with Crippen LogP contribution in [0.5, 0.6) is 0 Å². The van der Waals surface area contributed by atoms with Crippen molar-refractivity contribution in [2.75, 3.05) is 0 Å². The zero-order valence-electron chi connectivity index (χ0n) is 8.40. The van der Waals surface area contributed by atoms with Gasteiger partial charge in [0.1, 0.15) is 0 Å². The molecule has 0 aromatic rings. The summed E-state index contributed by atoms with van der Waals surface area (Å²) in [6.07, 6.45) is 1.58. The summed E-state index contributed by atoms with van der Waals surface area (Å²) in [6, 6.07) is 0. The van der Waals surface area contributed by atoms with Gasteiger partial charge in [0.25, 0.3) is 10.1 Å². The number of allylic oxidation sites excluding steroid dienone is 1. The molecule has 1 unspecified atom stereocenters. The molecule has 78 valence electrons. The molecule has 0 aliphatic carbocycles. The molecule has 0 fully saturated rings. The van der Waals surface area contributed by atoms with Crippen molar-refractivity contribution < 1.29 is 13.0 Å². The number of hydrogen-bond acceptors (Lipinski definition) is 3. The summed E-state index contributed by atoms with van der Waals surface area (Å²) >= 11 is 0. The fourth-order valence-corrected chi connectivity index (χ4v) is 1.80. The maximum absolute atomic E-state index is 10.8. The molecule has 4 nitrogen and oxygen atoms in total. The predicted molar refractivity (Wildman–Crippen MR) is 52.7 cm³/mol. The molecular formula is C8H17NO3S. The van der Waals surface area contributed by atoms with Gasteiger partial charge in [-0.25, -0.2) is 0 Å². The Morgan fingerprint density at radius 1 is 1.38 bits per heavy atom. The van der Waals surface area contributed by atoms with Gasteiger partial charge in [0.05, 0.1) is 0 Å². The van der Waals surface area contributed by atoms with E-state index in [9.17, 15) is 8.42 Å². The Kier molecular flexibility index (Phi) is 4.43. The SMILES string of the molecule is CC(C)=CNC(C(C)C)S(=O)(=O)O. The van der Waals surface area contributed by atoms with E-state index in [2.05, 4.69) is 5.32 Å². The van der Waals surface area contributed by atoms with E-state index in [0.29, 0.717) is 0 Å². The summed E-state index contributed by atoms with van der Waals surface area (Å²) in [7, 11) is -4.02. The van der Waals surface area contributed by atoms with Crippen LogP contribution in [0.3, 0.4) is 0 Å². The maximum atomic E-state index is 10.8. The van der Waals surface area contributed by atoms with E-state index < -0.39 is 15.5 Å². The van der Waals surface area contributed by atoms with E-state index in [1.54, 1.807) is 20.0 Å². The molecule has 0 saturated heterocycles. The molecular weight excluding hydrogens is 190 g/mol. The molecule has 0 aliphatic heterocycles. The summed E-state index contributed by atoms with van der Waals surface area (Å²) in [5.74, 6) is -0.175. The lowest BCUT2D eigenvalue weighted by Crippen LogP contribution is -2.37. The van der Waals surface area contributed by atoms with Crippen molar-refractivity contribution in [3.8, 4) is 0 Å². The predicted octanol–water partition coefficient (Wildman–Crippen LogP) is 1.37. The van der Waals surface area contributed by atoms with Gasteiger partial charge in [-0.05, 0) is 26.0 Å². The van der Waals surface area contributed by atoms with E-state index in [1.165, 1.54) is 0 Å². The van der Waals surface area contributed by atoms with Crippen molar-refractivity contribution in [2.45, 2.75) is 33.1 Å². The lowest BCUT2D eigenvalue weighted by Gasteiger charge is -2.17. The van der Waals surface area contributed by atoms with Gasteiger partial charge in [0, 0.05) is 0 Å². The molecule has 1 atom stereocenters. The van der Waals surface area contributed by atoms with Gasteiger partial charge in [0.2, 0.25) is 0 Å². The molecule has 13 heavy (non-hydrogen) atoms. The second-order valence-electron chi connectivity index (χ2n) is 3.57. The fourth-order valence-electron chi connectivity index (χ4n) is 0.871. The third-order valence-electron chi connectivity index (χ3n) is 1.46. The Labute approximate surface area is 79.8 Å². The Morgan fingerprint density at radius 3 is 2.08 bits per heavy atom. The first-order valence-electron chi connectivity index (χ1n) is 4.11. The van der Waals surface area contributed by atoms with Crippen LogP contribution in [0.4, 0.5) is 0 Å². The van der Waals surface area contributed by atoms with Crippen LogP contribution >= 0.6 is 0 Å². The van der Waals surface area contributed by atoms with Crippen LogP contribution in [0, 0.1) is 5.92 Å². The quantitative estimate of drug-likeness (QED) is 0.683. The average Bonchev–Trinajstić information content (AvgIpc) is 1.81. The minimum Gasteiger partial charge on any atom is -0.373 e. The monoisotopic (exact) mass is 207 g/mol. The Bertz CT molecular complexity index is 276. The van der Waals surface area contributed by atoms with Crippen molar-refractivity contribution >= 4 is 10.1 Å². The molecule has 2 N–H and O–H groups in total. The van der Waals surface area contributed by atoms with Gasteiger partial charge in [0.15, 0.2) is 5.37 Å². The normalized spacial score (nSPS) is 14.0. The third kappa shape index (κ3) is 4.90. The molecule has 5 heteroatoms. The van der Waals surface area contributed by atoms with Crippen LogP contribution in [0.2, 0.25) is 0 Å². The minimum absolute atomic E-state index is 0.175. The van der Waals surface area contributed by atoms with Crippen molar-refractivity contribution in [1.82, 2.24) is 5.32 Å². The van der Waals surface area contributed by atoms with Crippen molar-refractivity contribution in [3.63, 3.8) is 0 Å². The lowest BCUT2D eigenvalue weighted by atomic mass is 10.2. The molecule has 0 amide bonds. The summed E-state index contributed by atoms with van der Waals surface area (Å²) in [4.78, 5) is 0. The van der Waals surface area contributed by atoms with Crippen molar-refractivity contribution in [2.24, 2.45) is 5.92 Å². The zero-order chi connectivity index (χ0) is 10.6. The average molecular weight is 207 g/mol. The second kappa shape index (κ2) is 4.62. The zero-order valence-corrected chi connectivity index (χ0v) is 9.22. The topological polar surface area (TPSA) is 66.4 Å². The van der Waals surface area contributed by atoms with Crippen molar-refractivity contribution in [1.29, 1.82) is 0 Å². The largest absolute Gasteiger partial charge is 0.373 e. The summed E-state index contributed by atoms with van der Waals surface area (Å²) in [5, 5.41) is 1.73. The van der Waals surface area contributed by atoms with Gasteiger partial charge < -0.3 is 5.32 Å². The van der Waals surface area contributed by atoms with Crippen LogP contribution in [0.25, 0.3) is 0 Å². The first-order chi connectivity index (χ1) is 5.75. The molecule has 0 aromatic carbocycles. The molecule has 0 saturated carbocycles. The highest BCUT2D eigenvalue weighted by molar-refractivity contribution is 7.86. The molecule has 0 bridgehead atoms. The highest BCUT2D eigenvalue weighted by Crippen LogP contribution is 2.08. The molecule has 0 rings (SSSR count). The van der Waals surface area contributed by atoms with Crippen LogP contribution in [0.1, 0.15) is 27.7 Å². The number of nitrogens with one attached hydrogen (secondary N) is 1. The van der Waals surface area contributed by atoms with Crippen molar-refractivity contribution in [3.05, 3.63) is 11.8 Å². The van der Waals surface area contributed by atoms with E-state index in [1.807, 2.05) is 13.8 Å². The van der Waals surface area contributed by atoms with Gasteiger partial charge >= 0.3 is 0 Å². The van der Waals surface area contributed by atoms with Crippen LogP contribution in [-0.2, 0) is 10.1 Å². The molecule has 0 spiro atoms. The summed E-state index contributed by atoms with van der Waals surface area (Å²) in [6.45, 7) is 7.14. The lowest BCUT2D eigenvalue weighted by molar-refractivity contribution is 0.428. The minimum atomic E-state index is -4.02. The van der Waals surface area contributed by atoms with E-state index >= 15 is 0 Å². The third-order valence-corrected chi connectivity index (χ3v) is 2.78. The first-order valence-corrected chi connectivity index (χ1v) is 5.61. The molecule has 0 aliphatic rings. The molecule has 0 aromatic heterocycles. The second-order valence-corrected chi connectivity index (χ2v) is 5.11. The first kappa shape index (κ1) is 12.4. The van der Waals surface area contributed by atoms with Gasteiger partial charge in [-0.2, -0.15) is 8.42 Å². The van der Waals surface area contributed by atoms with E-state index in [0.717, 1.165) is 5.57 Å². The Balaban J connectivity index is 4.57. The summed E-state index contributed by atoms with van der Waals surface area (Å²) < 4.78 is 30.5. The highest BCUT2D eigenvalue weighted by Gasteiger charge is 2.24. The number of rotatable bonds is 4. The fraction of sp³-hybridized carbons (Fsp3) is 0.750. The number of hydrogen-bond donors (Lipinski definition) is 2. The smallest absolute Gasteiger partial charge is 0.286 e. The maximum Gasteiger partial charge on any atom is 0.286 e. The van der Waals surface area contributed by atoms with Gasteiger partial charge in [-0.1, -0.05) is 19.4 Å². The Morgan fingerprint density at radius 2 is 1.85 bits per heavy atom. The van der Waals surface area contributed by atoms with E-state index in [4.69, 9.17) is 4.55 Å². The molecule has 0 radical (unpaired) electrons. The van der Waals surface area contributed by atoms with Crippen LogP contribution in [-0.4, -0.2) is 18.3 Å². The van der Waals surface area contributed by atoms with E-state index in [-0.39, 0.29) is 5.92 Å². The highest BCUT2D eigenvalue weighted by atomic mass is 32.2. The van der Waals surface area contributed by atoms with Crippen LogP contribution < -0.4 is 5.32 Å². The summed E-state index contributed by atoms with van der Waals surface area (Å²) in [5.41, 5.74) is 0.953. The standard InChI is InChI=1S/C8H17NO3S/c1-6(2)5-9-8(7(3)4)13(10,11)12/h5,7-9H,1-4H3,(H,10,11,12). The van der Waals surface area contributed by atoms with Gasteiger partial charge in [-0.15, -0.1) is 0 Å². The molecule has 0 heterocycles. The Hall–Kier alpha value is -0.550. The van der Waals surface area contributed by atoms with Gasteiger partial charge in [-0.3, -0.25) is 4.55 Å². The van der Waals surface area contributed by atoms with Crippen LogP contribution in [0.15, 0.2) is 11.8 Å².